The van der Waals surface area contributed by atoms with E-state index >= 15 is 0 Å². The lowest BCUT2D eigenvalue weighted by Crippen LogP contribution is -2.80. The Labute approximate surface area is 185 Å². The fraction of sp³-hybridized carbons (Fsp3) is 0.692. The summed E-state index contributed by atoms with van der Waals surface area (Å²) in [6, 6.07) is 4.71. The Bertz CT molecular complexity index is 972. The van der Waals surface area contributed by atoms with Gasteiger partial charge in [0.1, 0.15) is 11.7 Å². The standard InChI is InChI=1S/C26H35NO4/c1-6-9-23(2,28)18-15-24-10-11-26(18,30-5)22-25(24)12-13-27(3)19(24)14-16-7-8-17(29-4)21(31-22)20(16)25/h7-8,10-11,18-19,22,28H,6,9,12-15H2,1-5H3/t18?,19-,22-,23?,24?,25+,26?/m1/s1. The maximum Gasteiger partial charge on any atom is 0.166 e. The van der Waals surface area contributed by atoms with Gasteiger partial charge in [0.25, 0.3) is 0 Å². The molecule has 0 amide bonds. The normalized spacial score (nSPS) is 43.4. The molecule has 0 aromatic heterocycles. The van der Waals surface area contributed by atoms with Crippen molar-refractivity contribution < 1.29 is 19.3 Å². The smallest absolute Gasteiger partial charge is 0.166 e. The molecule has 1 N–H and O–H groups in total. The van der Waals surface area contributed by atoms with Crippen LogP contribution in [0.2, 0.25) is 0 Å². The average Bonchev–Trinajstić information content (AvgIpc) is 3.13. The third kappa shape index (κ3) is 2.01. The largest absolute Gasteiger partial charge is 0.493 e. The van der Waals surface area contributed by atoms with Gasteiger partial charge in [-0.15, -0.1) is 0 Å². The van der Waals surface area contributed by atoms with Gasteiger partial charge in [0, 0.05) is 30.0 Å². The first-order valence-electron chi connectivity index (χ1n) is 11.9. The predicted octanol–water partition coefficient (Wildman–Crippen LogP) is 3.47. The molecule has 4 bridgehead atoms. The van der Waals surface area contributed by atoms with Gasteiger partial charge >= 0.3 is 0 Å². The van der Waals surface area contributed by atoms with Crippen molar-refractivity contribution in [3.8, 4) is 11.5 Å². The van der Waals surface area contributed by atoms with E-state index in [1.54, 1.807) is 14.2 Å². The van der Waals surface area contributed by atoms with Crippen molar-refractivity contribution in [1.29, 1.82) is 0 Å². The van der Waals surface area contributed by atoms with Gasteiger partial charge in [0.15, 0.2) is 11.5 Å². The van der Waals surface area contributed by atoms with Crippen LogP contribution in [0.5, 0.6) is 11.5 Å². The van der Waals surface area contributed by atoms with Crippen molar-refractivity contribution in [1.82, 2.24) is 4.90 Å². The van der Waals surface area contributed by atoms with Crippen molar-refractivity contribution in [2.75, 3.05) is 27.8 Å². The molecule has 0 radical (unpaired) electrons. The number of piperidine rings is 1. The zero-order valence-electron chi connectivity index (χ0n) is 19.4. The van der Waals surface area contributed by atoms with Gasteiger partial charge in [-0.1, -0.05) is 31.6 Å². The number of likely N-dealkylation sites (N-methyl/N-ethyl adjacent to an activating group) is 1. The van der Waals surface area contributed by atoms with Gasteiger partial charge in [-0.2, -0.15) is 0 Å². The Morgan fingerprint density at radius 3 is 2.81 bits per heavy atom. The first kappa shape index (κ1) is 20.1. The summed E-state index contributed by atoms with van der Waals surface area (Å²) in [6.45, 7) is 5.20. The van der Waals surface area contributed by atoms with E-state index in [0.717, 1.165) is 50.1 Å². The number of likely N-dealkylation sites (tertiary alicyclic amines) is 1. The van der Waals surface area contributed by atoms with Crippen LogP contribution >= 0.6 is 0 Å². The molecule has 1 aromatic carbocycles. The topological polar surface area (TPSA) is 51.2 Å². The molecular formula is C26H35NO4. The van der Waals surface area contributed by atoms with Crippen molar-refractivity contribution in [3.05, 3.63) is 35.4 Å². The SMILES string of the molecule is CCCC(C)(O)C1CC23C=CC1(OC)[C@@H]1Oc4c(OC)ccc5c4[C@@]12CCN(C)[C@@H]3C5. The number of fused-ring (bicyclic) bond motifs is 1. The van der Waals surface area contributed by atoms with Crippen LogP contribution in [0.3, 0.4) is 0 Å². The molecular weight excluding hydrogens is 390 g/mol. The Morgan fingerprint density at radius 2 is 2.10 bits per heavy atom. The van der Waals surface area contributed by atoms with Gasteiger partial charge in [-0.25, -0.2) is 0 Å². The summed E-state index contributed by atoms with van der Waals surface area (Å²) in [7, 11) is 5.80. The molecule has 1 saturated carbocycles. The second-order valence-corrected chi connectivity index (χ2v) is 10.8. The minimum atomic E-state index is -0.820. The Balaban J connectivity index is 1.66. The molecule has 4 aliphatic carbocycles. The molecule has 31 heavy (non-hydrogen) atoms. The minimum Gasteiger partial charge on any atom is -0.493 e. The van der Waals surface area contributed by atoms with Crippen molar-refractivity contribution >= 4 is 0 Å². The molecule has 4 unspecified atom stereocenters. The van der Waals surface area contributed by atoms with Crippen LogP contribution in [0.4, 0.5) is 0 Å². The van der Waals surface area contributed by atoms with E-state index in [-0.39, 0.29) is 22.9 Å². The molecule has 1 aromatic rings. The van der Waals surface area contributed by atoms with Gasteiger partial charge in [-0.3, -0.25) is 0 Å². The highest BCUT2D eigenvalue weighted by Crippen LogP contribution is 2.75. The maximum absolute atomic E-state index is 11.7. The molecule has 168 valence electrons. The van der Waals surface area contributed by atoms with E-state index in [9.17, 15) is 5.11 Å². The highest BCUT2D eigenvalue weighted by atomic mass is 16.6. The van der Waals surface area contributed by atoms with E-state index in [4.69, 9.17) is 14.2 Å². The lowest BCUT2D eigenvalue weighted by Gasteiger charge is -2.72. The molecule has 1 saturated heterocycles. The monoisotopic (exact) mass is 425 g/mol. The van der Waals surface area contributed by atoms with Crippen molar-refractivity contribution in [3.63, 3.8) is 0 Å². The molecule has 2 heterocycles. The molecule has 2 fully saturated rings. The molecule has 7 rings (SSSR count). The Hall–Kier alpha value is -1.56. The summed E-state index contributed by atoms with van der Waals surface area (Å²) < 4.78 is 19.1. The second kappa shape index (κ2) is 6.06. The number of aliphatic hydroxyl groups is 1. The van der Waals surface area contributed by atoms with Crippen LogP contribution in [0.15, 0.2) is 24.3 Å². The molecule has 5 nitrogen and oxygen atoms in total. The third-order valence-electron chi connectivity index (χ3n) is 9.78. The first-order chi connectivity index (χ1) is 14.8. The van der Waals surface area contributed by atoms with Crippen molar-refractivity contribution in [2.24, 2.45) is 11.3 Å². The van der Waals surface area contributed by atoms with Crippen LogP contribution in [0.1, 0.15) is 50.7 Å². The van der Waals surface area contributed by atoms with Crippen LogP contribution < -0.4 is 9.47 Å². The van der Waals surface area contributed by atoms with E-state index in [1.165, 1.54) is 11.1 Å². The summed E-state index contributed by atoms with van der Waals surface area (Å²) in [5.41, 5.74) is 1.08. The minimum absolute atomic E-state index is 0.0241. The number of methoxy groups -OCH3 is 2. The number of rotatable bonds is 5. The first-order valence-corrected chi connectivity index (χ1v) is 11.9. The van der Waals surface area contributed by atoms with Gasteiger partial charge < -0.3 is 24.2 Å². The van der Waals surface area contributed by atoms with Gasteiger partial charge in [0.05, 0.1) is 18.1 Å². The molecule has 2 spiro atoms. The predicted molar refractivity (Wildman–Crippen MR) is 119 cm³/mol. The van der Waals surface area contributed by atoms with Crippen LogP contribution in [0.25, 0.3) is 0 Å². The Morgan fingerprint density at radius 1 is 1.29 bits per heavy atom. The third-order valence-corrected chi connectivity index (χ3v) is 9.78. The van der Waals surface area contributed by atoms with Crippen LogP contribution in [-0.4, -0.2) is 61.2 Å². The Kier molecular flexibility index (Phi) is 3.93. The van der Waals surface area contributed by atoms with Crippen LogP contribution in [-0.2, 0) is 16.6 Å². The fourth-order valence-corrected chi connectivity index (χ4v) is 8.59. The zero-order chi connectivity index (χ0) is 21.8. The summed E-state index contributed by atoms with van der Waals surface area (Å²) >= 11 is 0. The lowest BCUT2D eigenvalue weighted by molar-refractivity contribution is -0.247. The highest BCUT2D eigenvalue weighted by Gasteiger charge is 2.80. The van der Waals surface area contributed by atoms with E-state index in [0.29, 0.717) is 6.04 Å². The van der Waals surface area contributed by atoms with Gasteiger partial charge in [0.2, 0.25) is 0 Å². The maximum atomic E-state index is 11.7. The fourth-order valence-electron chi connectivity index (χ4n) is 8.59. The number of ether oxygens (including phenoxy) is 3. The molecule has 2 aliphatic heterocycles. The number of hydrogen-bond acceptors (Lipinski definition) is 5. The number of hydrogen-bond donors (Lipinski definition) is 1. The number of benzene rings is 1. The quantitative estimate of drug-likeness (QED) is 0.732. The van der Waals surface area contributed by atoms with E-state index in [2.05, 4.69) is 43.2 Å². The molecule has 7 atom stereocenters. The summed E-state index contributed by atoms with van der Waals surface area (Å²) in [6.07, 6.45) is 9.25. The van der Waals surface area contributed by atoms with Crippen LogP contribution in [0, 0.1) is 11.3 Å². The summed E-state index contributed by atoms with van der Waals surface area (Å²) in [4.78, 5) is 2.55. The van der Waals surface area contributed by atoms with E-state index in [1.807, 2.05) is 6.92 Å². The van der Waals surface area contributed by atoms with Gasteiger partial charge in [-0.05, 0) is 57.8 Å². The van der Waals surface area contributed by atoms with E-state index < -0.39 is 11.2 Å². The summed E-state index contributed by atoms with van der Waals surface area (Å²) in [5.74, 6) is 1.71. The summed E-state index contributed by atoms with van der Waals surface area (Å²) in [5, 5.41) is 11.7. The number of nitrogens with zero attached hydrogens (tertiary/aromatic N) is 1. The lowest BCUT2D eigenvalue weighted by atomic mass is 9.36. The van der Waals surface area contributed by atoms with Crippen molar-refractivity contribution in [2.45, 2.75) is 74.7 Å². The molecule has 6 aliphatic rings. The molecule has 5 heteroatoms. The second-order valence-electron chi connectivity index (χ2n) is 10.8. The average molecular weight is 426 g/mol. The zero-order valence-corrected chi connectivity index (χ0v) is 19.4. The highest BCUT2D eigenvalue weighted by molar-refractivity contribution is 5.65.